The van der Waals surface area contributed by atoms with Crippen LogP contribution in [0.2, 0.25) is 39.3 Å². The molecule has 2 rings (SSSR count). The molecule has 0 nitrogen and oxygen atoms in total. The van der Waals surface area contributed by atoms with Crippen LogP contribution in [0.25, 0.3) is 0 Å². The zero-order valence-corrected chi connectivity index (χ0v) is 20.7. The summed E-state index contributed by atoms with van der Waals surface area (Å²) in [6, 6.07) is 0. The minimum atomic E-state index is -1.25. The van der Waals surface area contributed by atoms with Crippen molar-refractivity contribution in [3.05, 3.63) is 45.8 Å². The van der Waals surface area contributed by atoms with Crippen molar-refractivity contribution in [1.29, 1.82) is 0 Å². The Morgan fingerprint density at radius 2 is 1.29 bits per heavy atom. The molecule has 0 atom stereocenters. The quantitative estimate of drug-likeness (QED) is 0.273. The van der Waals surface area contributed by atoms with E-state index in [4.69, 9.17) is 0 Å². The summed E-state index contributed by atoms with van der Waals surface area (Å²) in [6.45, 7) is 14.7. The molecule has 0 aromatic heterocycles. The molecule has 0 saturated carbocycles. The second-order valence-electron chi connectivity index (χ2n) is 6.76. The summed E-state index contributed by atoms with van der Waals surface area (Å²) in [6.07, 6.45) is 10.0. The van der Waals surface area contributed by atoms with Gasteiger partial charge in [0.25, 0.3) is 0 Å². The average Bonchev–Trinajstić information content (AvgIpc) is 2.53. The topological polar surface area (TPSA) is 0 Å². The molecule has 0 aliphatic heterocycles. The van der Waals surface area contributed by atoms with Crippen LogP contribution in [0.1, 0.15) is 0 Å². The number of hydrogen-bond acceptors (Lipinski definition) is 0. The zero-order valence-electron chi connectivity index (χ0n) is 13.2. The fourth-order valence-corrected chi connectivity index (χ4v) is 8.11. The molecule has 0 unspecified atom stereocenters. The van der Waals surface area contributed by atoms with E-state index in [0.29, 0.717) is 0 Å². The van der Waals surface area contributed by atoms with E-state index in [0.717, 1.165) is 0 Å². The van der Waals surface area contributed by atoms with Gasteiger partial charge < -0.3 is 49.6 Å². The summed E-state index contributed by atoms with van der Waals surface area (Å²) in [5, 5.41) is 3.38. The molecular formula is C14H21Cl4Si2Zr-. The maximum Gasteiger partial charge on any atom is 4.00 e. The first-order chi connectivity index (χ1) is 7.21. The van der Waals surface area contributed by atoms with Crippen LogP contribution in [0.5, 0.6) is 0 Å². The maximum absolute atomic E-state index is 3.25. The molecule has 0 bridgehead atoms. The number of rotatable bonds is 2. The predicted molar refractivity (Wildman–Crippen MR) is 77.7 cm³/mol. The van der Waals surface area contributed by atoms with E-state index in [1.807, 2.05) is 0 Å². The van der Waals surface area contributed by atoms with Gasteiger partial charge in [0, 0.05) is 0 Å². The predicted octanol–water partition coefficient (Wildman–Crippen LogP) is -7.71. The van der Waals surface area contributed by atoms with Crippen LogP contribution >= 0.6 is 0 Å². The van der Waals surface area contributed by atoms with Crippen LogP contribution in [0.15, 0.2) is 39.8 Å². The molecule has 0 heterocycles. The SMILES string of the molecule is C[Si](C)(C)C1=CC2=C[C-]=CC2=C1[Si](C)(C)C.[Cl-].[Cl-].[Cl-].[Cl-].[Zr+4]. The van der Waals surface area contributed by atoms with Crippen molar-refractivity contribution in [3.8, 4) is 0 Å². The van der Waals surface area contributed by atoms with Crippen molar-refractivity contribution in [2.75, 3.05) is 0 Å². The van der Waals surface area contributed by atoms with Crippen LogP contribution < -0.4 is 49.6 Å². The number of fused-ring (bicyclic) bond motifs is 1. The van der Waals surface area contributed by atoms with Gasteiger partial charge >= 0.3 is 26.2 Å². The molecular weight excluding hydrogens is 457 g/mol. The molecule has 118 valence electrons. The van der Waals surface area contributed by atoms with E-state index in [1.165, 1.54) is 11.1 Å². The van der Waals surface area contributed by atoms with Crippen LogP contribution in [0, 0.1) is 6.08 Å². The molecule has 2 aliphatic carbocycles. The van der Waals surface area contributed by atoms with Crippen molar-refractivity contribution in [3.63, 3.8) is 0 Å². The molecule has 0 amide bonds. The van der Waals surface area contributed by atoms with E-state index in [-0.39, 0.29) is 75.8 Å². The molecule has 0 radical (unpaired) electrons. The third-order valence-corrected chi connectivity index (χ3v) is 7.47. The molecule has 0 aromatic rings. The van der Waals surface area contributed by atoms with Gasteiger partial charge in [-0.05, 0) is 0 Å². The van der Waals surface area contributed by atoms with Gasteiger partial charge in [-0.2, -0.15) is 29.4 Å². The molecule has 0 saturated heterocycles. The standard InChI is InChI=1S/C14H21Si2.4ClH.Zr/c1-15(2,3)13-10-11-8-7-9-12(11)14(13)16(4,5)6;;;;;/h8-10H,1-6H3;4*1H;/q-1;;;;;+4/p-4. The van der Waals surface area contributed by atoms with Gasteiger partial charge in [-0.1, -0.05) is 44.5 Å². The van der Waals surface area contributed by atoms with Gasteiger partial charge in [-0.15, -0.1) is 11.3 Å². The first-order valence-electron chi connectivity index (χ1n) is 5.98. The minimum Gasteiger partial charge on any atom is -1.00 e. The minimum absolute atomic E-state index is 0. The zero-order chi connectivity index (χ0) is 12.1. The Bertz CT molecular complexity index is 466. The summed E-state index contributed by atoms with van der Waals surface area (Å²) in [4.78, 5) is 0. The second-order valence-corrected chi connectivity index (χ2v) is 16.8. The summed E-state index contributed by atoms with van der Waals surface area (Å²) >= 11 is 0. The summed E-state index contributed by atoms with van der Waals surface area (Å²) < 4.78 is 0. The molecule has 2 aliphatic rings. The summed E-state index contributed by atoms with van der Waals surface area (Å²) in [5.41, 5.74) is 2.89. The number of allylic oxidation sites excluding steroid dienone is 8. The van der Waals surface area contributed by atoms with E-state index >= 15 is 0 Å². The van der Waals surface area contributed by atoms with Crippen LogP contribution in [0.3, 0.4) is 0 Å². The first-order valence-corrected chi connectivity index (χ1v) is 13.0. The normalized spacial score (nSPS) is 15.3. The monoisotopic (exact) mass is 475 g/mol. The third-order valence-electron chi connectivity index (χ3n) is 3.17. The van der Waals surface area contributed by atoms with Crippen molar-refractivity contribution in [2.45, 2.75) is 39.3 Å². The van der Waals surface area contributed by atoms with Crippen molar-refractivity contribution >= 4 is 16.1 Å². The Balaban J connectivity index is -0.000000289. The van der Waals surface area contributed by atoms with E-state index in [9.17, 15) is 0 Å². The molecule has 0 spiro atoms. The van der Waals surface area contributed by atoms with Gasteiger partial charge in [0.2, 0.25) is 0 Å². The number of halogens is 4. The average molecular weight is 479 g/mol. The van der Waals surface area contributed by atoms with E-state index in [2.05, 4.69) is 63.6 Å². The fourth-order valence-electron chi connectivity index (χ4n) is 2.48. The Hall–Kier alpha value is 1.44. The van der Waals surface area contributed by atoms with Gasteiger partial charge in [0.15, 0.2) is 0 Å². The third kappa shape index (κ3) is 6.45. The Morgan fingerprint density at radius 3 is 1.67 bits per heavy atom. The first kappa shape index (κ1) is 30.3. The van der Waals surface area contributed by atoms with E-state index < -0.39 is 16.1 Å². The van der Waals surface area contributed by atoms with Gasteiger partial charge in [-0.3, -0.25) is 0 Å². The van der Waals surface area contributed by atoms with Crippen LogP contribution in [-0.2, 0) is 26.2 Å². The Morgan fingerprint density at radius 1 is 0.810 bits per heavy atom. The fraction of sp³-hybridized carbons (Fsp3) is 0.429. The smallest absolute Gasteiger partial charge is 1.00 e. The van der Waals surface area contributed by atoms with Crippen molar-refractivity contribution in [2.24, 2.45) is 0 Å². The Kier molecular flexibility index (Phi) is 14.9. The van der Waals surface area contributed by atoms with E-state index in [1.54, 1.807) is 10.4 Å². The van der Waals surface area contributed by atoms with Gasteiger partial charge in [0.1, 0.15) is 0 Å². The molecule has 0 N–H and O–H groups in total. The largest absolute Gasteiger partial charge is 4.00 e. The van der Waals surface area contributed by atoms with Crippen molar-refractivity contribution < 1.29 is 75.8 Å². The van der Waals surface area contributed by atoms with Gasteiger partial charge in [-0.25, -0.2) is 0 Å². The second kappa shape index (κ2) is 10.3. The molecule has 0 fully saturated rings. The molecule has 7 heteroatoms. The number of hydrogen-bond donors (Lipinski definition) is 0. The molecule has 0 aromatic carbocycles. The Labute approximate surface area is 175 Å². The maximum atomic E-state index is 3.25. The van der Waals surface area contributed by atoms with Crippen LogP contribution in [-0.4, -0.2) is 16.1 Å². The summed E-state index contributed by atoms with van der Waals surface area (Å²) in [7, 11) is -2.46. The van der Waals surface area contributed by atoms with Gasteiger partial charge in [0.05, 0.1) is 16.1 Å². The van der Waals surface area contributed by atoms with Crippen molar-refractivity contribution in [1.82, 2.24) is 0 Å². The van der Waals surface area contributed by atoms with Crippen LogP contribution in [0.4, 0.5) is 0 Å². The molecule has 21 heavy (non-hydrogen) atoms. The summed E-state index contributed by atoms with van der Waals surface area (Å²) in [5.74, 6) is 0.